The fraction of sp³-hybridized carbons (Fsp3) is 0.300. The summed E-state index contributed by atoms with van der Waals surface area (Å²) in [7, 11) is 0. The van der Waals surface area contributed by atoms with Gasteiger partial charge < -0.3 is 9.80 Å². The zero-order chi connectivity index (χ0) is 16.0. The summed E-state index contributed by atoms with van der Waals surface area (Å²) in [5.74, 6) is 1.02. The molecular weight excluding hydrogens is 268 g/mol. The van der Waals surface area contributed by atoms with E-state index in [1.807, 2.05) is 0 Å². The van der Waals surface area contributed by atoms with Gasteiger partial charge in [0.1, 0.15) is 5.82 Å². The Hall–Kier alpha value is -2.22. The lowest BCUT2D eigenvalue weighted by Crippen LogP contribution is -2.54. The Balaban J connectivity index is 2.14. The minimum atomic E-state index is -0.0821. The van der Waals surface area contributed by atoms with E-state index in [0.29, 0.717) is 0 Å². The molecule has 1 aliphatic heterocycles. The van der Waals surface area contributed by atoms with Gasteiger partial charge in [-0.1, -0.05) is 43.0 Å². The van der Waals surface area contributed by atoms with E-state index in [4.69, 9.17) is 0 Å². The van der Waals surface area contributed by atoms with Crippen molar-refractivity contribution in [2.75, 3.05) is 9.80 Å². The fourth-order valence-electron chi connectivity index (χ4n) is 3.39. The van der Waals surface area contributed by atoms with Crippen molar-refractivity contribution in [2.24, 2.45) is 0 Å². The normalized spacial score (nSPS) is 19.5. The molecule has 2 nitrogen and oxygen atoms in total. The van der Waals surface area contributed by atoms with Gasteiger partial charge in [0.05, 0.1) is 11.1 Å². The lowest BCUT2D eigenvalue weighted by atomic mass is 9.82. The van der Waals surface area contributed by atoms with Gasteiger partial charge in [0, 0.05) is 11.4 Å². The Morgan fingerprint density at radius 2 is 0.955 bits per heavy atom. The quantitative estimate of drug-likeness (QED) is 0.765. The van der Waals surface area contributed by atoms with E-state index < -0.39 is 0 Å². The lowest BCUT2D eigenvalue weighted by Gasteiger charge is -2.42. The second kappa shape index (κ2) is 4.91. The Morgan fingerprint density at radius 1 is 0.636 bits per heavy atom. The predicted octanol–water partition coefficient (Wildman–Crippen LogP) is 5.04. The van der Waals surface area contributed by atoms with Gasteiger partial charge in [-0.25, -0.2) is 0 Å². The number of anilines is 2. The molecule has 0 unspecified atom stereocenters. The van der Waals surface area contributed by atoms with Gasteiger partial charge >= 0.3 is 0 Å². The van der Waals surface area contributed by atoms with Crippen LogP contribution < -0.4 is 9.80 Å². The van der Waals surface area contributed by atoms with E-state index in [-0.39, 0.29) is 11.1 Å². The second-order valence-corrected chi connectivity index (χ2v) is 6.88. The molecule has 0 aliphatic carbocycles. The van der Waals surface area contributed by atoms with E-state index in [0.717, 1.165) is 5.82 Å². The molecule has 2 aromatic rings. The Kier molecular flexibility index (Phi) is 3.28. The van der Waals surface area contributed by atoms with Gasteiger partial charge in [-0.05, 0) is 52.0 Å². The highest BCUT2D eigenvalue weighted by Gasteiger charge is 2.55. The number of benzene rings is 2. The molecule has 0 atom stereocenters. The first kappa shape index (κ1) is 14.7. The van der Waals surface area contributed by atoms with E-state index in [1.54, 1.807) is 0 Å². The van der Waals surface area contributed by atoms with Crippen molar-refractivity contribution >= 4 is 11.4 Å². The molecule has 1 aliphatic rings. The molecule has 0 saturated carbocycles. The summed E-state index contributed by atoms with van der Waals surface area (Å²) in [5, 5.41) is 0. The maximum absolute atomic E-state index is 4.41. The summed E-state index contributed by atoms with van der Waals surface area (Å²) in [5.41, 5.74) is 2.20. The van der Waals surface area contributed by atoms with Gasteiger partial charge in [-0.2, -0.15) is 0 Å². The monoisotopic (exact) mass is 292 g/mol. The molecule has 114 valence electrons. The zero-order valence-corrected chi connectivity index (χ0v) is 13.9. The average Bonchev–Trinajstić information content (AvgIpc) is 2.62. The van der Waals surface area contributed by atoms with Gasteiger partial charge in [0.25, 0.3) is 0 Å². The largest absolute Gasteiger partial charge is 0.320 e. The molecule has 0 spiro atoms. The van der Waals surface area contributed by atoms with Gasteiger partial charge in [0.2, 0.25) is 0 Å². The molecule has 22 heavy (non-hydrogen) atoms. The lowest BCUT2D eigenvalue weighted by molar-refractivity contribution is 0.345. The summed E-state index contributed by atoms with van der Waals surface area (Å²) in [6.45, 7) is 13.6. The first-order valence-corrected chi connectivity index (χ1v) is 7.77. The van der Waals surface area contributed by atoms with Crippen LogP contribution in [0.4, 0.5) is 11.4 Å². The molecule has 0 N–H and O–H groups in total. The third-order valence-corrected chi connectivity index (χ3v) is 5.16. The number of rotatable bonds is 2. The summed E-state index contributed by atoms with van der Waals surface area (Å²) in [6.07, 6.45) is 0. The molecular formula is C20H24N2. The van der Waals surface area contributed by atoms with Crippen molar-refractivity contribution in [1.29, 1.82) is 0 Å². The van der Waals surface area contributed by atoms with Crippen LogP contribution in [0.2, 0.25) is 0 Å². The Morgan fingerprint density at radius 3 is 1.27 bits per heavy atom. The summed E-state index contributed by atoms with van der Waals surface area (Å²) >= 11 is 0. The first-order valence-electron chi connectivity index (χ1n) is 7.77. The van der Waals surface area contributed by atoms with Crippen molar-refractivity contribution in [3.8, 4) is 0 Å². The van der Waals surface area contributed by atoms with Gasteiger partial charge in [-0.15, -0.1) is 0 Å². The third kappa shape index (κ3) is 1.94. The standard InChI is InChI=1S/C20H24N2/c1-16-21(17-12-8-6-9-13-17)19(2,3)20(4,5)22(16)18-14-10-7-11-15-18/h6-15H,1H2,2-5H3. The van der Waals surface area contributed by atoms with Crippen LogP contribution in [0.3, 0.4) is 0 Å². The minimum absolute atomic E-state index is 0.0821. The average molecular weight is 292 g/mol. The highest BCUT2D eigenvalue weighted by Crippen LogP contribution is 2.49. The third-order valence-electron chi connectivity index (χ3n) is 5.16. The predicted molar refractivity (Wildman–Crippen MR) is 95.1 cm³/mol. The SMILES string of the molecule is C=C1N(c2ccccc2)C(C)(C)C(C)(C)N1c1ccccc1. The van der Waals surface area contributed by atoms with Crippen LogP contribution in [0.5, 0.6) is 0 Å². The van der Waals surface area contributed by atoms with E-state index in [1.165, 1.54) is 11.4 Å². The van der Waals surface area contributed by atoms with Crippen LogP contribution in [0, 0.1) is 0 Å². The van der Waals surface area contributed by atoms with Crippen molar-refractivity contribution in [2.45, 2.75) is 38.8 Å². The van der Waals surface area contributed by atoms with E-state index in [2.05, 4.69) is 105 Å². The first-order chi connectivity index (χ1) is 10.4. The zero-order valence-electron chi connectivity index (χ0n) is 13.9. The molecule has 0 radical (unpaired) electrons. The smallest absolute Gasteiger partial charge is 0.107 e. The molecule has 2 aromatic carbocycles. The van der Waals surface area contributed by atoms with Crippen LogP contribution in [0.25, 0.3) is 0 Å². The van der Waals surface area contributed by atoms with Crippen molar-refractivity contribution in [3.05, 3.63) is 73.1 Å². The number of hydrogen-bond donors (Lipinski definition) is 0. The molecule has 0 aromatic heterocycles. The van der Waals surface area contributed by atoms with Crippen LogP contribution in [0.1, 0.15) is 27.7 Å². The number of hydrogen-bond acceptors (Lipinski definition) is 2. The van der Waals surface area contributed by atoms with Crippen molar-refractivity contribution < 1.29 is 0 Å². The fourth-order valence-corrected chi connectivity index (χ4v) is 3.39. The Labute approximate surface area is 133 Å². The maximum atomic E-state index is 4.41. The topological polar surface area (TPSA) is 6.48 Å². The summed E-state index contributed by atoms with van der Waals surface area (Å²) in [6, 6.07) is 21.0. The maximum Gasteiger partial charge on any atom is 0.107 e. The Bertz CT molecular complexity index is 612. The molecule has 3 rings (SSSR count). The molecule has 1 saturated heterocycles. The van der Waals surface area contributed by atoms with Crippen LogP contribution >= 0.6 is 0 Å². The molecule has 0 amide bonds. The highest BCUT2D eigenvalue weighted by atomic mass is 15.5. The van der Waals surface area contributed by atoms with Crippen LogP contribution in [0.15, 0.2) is 73.1 Å². The molecule has 0 bridgehead atoms. The van der Waals surface area contributed by atoms with Gasteiger partial charge in [-0.3, -0.25) is 0 Å². The second-order valence-electron chi connectivity index (χ2n) is 6.88. The van der Waals surface area contributed by atoms with Crippen LogP contribution in [-0.4, -0.2) is 11.1 Å². The van der Waals surface area contributed by atoms with Gasteiger partial charge in [0.15, 0.2) is 0 Å². The highest BCUT2D eigenvalue weighted by molar-refractivity contribution is 5.69. The van der Waals surface area contributed by atoms with E-state index in [9.17, 15) is 0 Å². The van der Waals surface area contributed by atoms with Crippen molar-refractivity contribution in [3.63, 3.8) is 0 Å². The summed E-state index contributed by atoms with van der Waals surface area (Å²) in [4.78, 5) is 4.69. The number of nitrogens with zero attached hydrogens (tertiary/aromatic N) is 2. The molecule has 2 heteroatoms. The van der Waals surface area contributed by atoms with E-state index >= 15 is 0 Å². The molecule has 1 heterocycles. The minimum Gasteiger partial charge on any atom is -0.320 e. The number of para-hydroxylation sites is 2. The van der Waals surface area contributed by atoms with Crippen molar-refractivity contribution in [1.82, 2.24) is 0 Å². The molecule has 1 fully saturated rings. The van der Waals surface area contributed by atoms with Crippen LogP contribution in [-0.2, 0) is 0 Å². The summed E-state index contributed by atoms with van der Waals surface area (Å²) < 4.78 is 0.